The quantitative estimate of drug-likeness (QED) is 0.712. The number of rotatable bonds is 8. The van der Waals surface area contributed by atoms with Crippen molar-refractivity contribution in [2.45, 2.75) is 45.2 Å². The van der Waals surface area contributed by atoms with Crippen molar-refractivity contribution in [1.29, 1.82) is 0 Å². The van der Waals surface area contributed by atoms with Crippen molar-refractivity contribution in [2.24, 2.45) is 17.6 Å². The number of nitrogens with two attached hydrogens (primary N) is 1. The Labute approximate surface area is 181 Å². The Morgan fingerprint density at radius 2 is 1.67 bits per heavy atom. The lowest BCUT2D eigenvalue weighted by Crippen LogP contribution is -2.32. The first-order chi connectivity index (χ1) is 14.7. The molecule has 1 unspecified atom stereocenters. The van der Waals surface area contributed by atoms with Crippen LogP contribution in [0, 0.1) is 11.8 Å². The van der Waals surface area contributed by atoms with E-state index in [4.69, 9.17) is 15.2 Å². The van der Waals surface area contributed by atoms with E-state index in [2.05, 4.69) is 47.4 Å². The summed E-state index contributed by atoms with van der Waals surface area (Å²) < 4.78 is 10.9. The number of methoxy groups -OCH3 is 1. The van der Waals surface area contributed by atoms with Gasteiger partial charge in [-0.05, 0) is 84.9 Å². The molecule has 2 N–H and O–H groups in total. The summed E-state index contributed by atoms with van der Waals surface area (Å²) in [6.07, 6.45) is 5.88. The summed E-state index contributed by atoms with van der Waals surface area (Å²) in [6.45, 7) is 5.71. The van der Waals surface area contributed by atoms with Gasteiger partial charge in [-0.25, -0.2) is 0 Å². The Morgan fingerprint density at radius 3 is 2.40 bits per heavy atom. The minimum absolute atomic E-state index is 0.656. The number of benzene rings is 2. The van der Waals surface area contributed by atoms with Gasteiger partial charge in [0.15, 0.2) is 0 Å². The predicted molar refractivity (Wildman–Crippen MR) is 122 cm³/mol. The van der Waals surface area contributed by atoms with Crippen LogP contribution in [0.25, 0.3) is 0 Å². The van der Waals surface area contributed by atoms with Crippen LogP contribution in [-0.2, 0) is 30.7 Å². The van der Waals surface area contributed by atoms with Gasteiger partial charge in [-0.1, -0.05) is 30.3 Å². The highest BCUT2D eigenvalue weighted by atomic mass is 16.5. The maximum Gasteiger partial charge on any atom is 0.118 e. The van der Waals surface area contributed by atoms with Crippen LogP contribution in [0.4, 0.5) is 0 Å². The minimum Gasteiger partial charge on any atom is -0.497 e. The number of hydrogen-bond acceptors (Lipinski definition) is 4. The molecule has 0 amide bonds. The summed E-state index contributed by atoms with van der Waals surface area (Å²) in [5, 5.41) is 0. The molecule has 30 heavy (non-hydrogen) atoms. The van der Waals surface area contributed by atoms with E-state index < -0.39 is 0 Å². The third-order valence-electron chi connectivity index (χ3n) is 6.76. The van der Waals surface area contributed by atoms with Gasteiger partial charge >= 0.3 is 0 Å². The molecule has 1 aliphatic heterocycles. The van der Waals surface area contributed by atoms with E-state index in [-0.39, 0.29) is 0 Å². The third kappa shape index (κ3) is 5.63. The minimum atomic E-state index is 0.656. The lowest BCUT2D eigenvalue weighted by Gasteiger charge is -2.30. The molecule has 1 fully saturated rings. The van der Waals surface area contributed by atoms with Crippen molar-refractivity contribution in [3.05, 3.63) is 64.7 Å². The van der Waals surface area contributed by atoms with Crippen molar-refractivity contribution >= 4 is 0 Å². The highest BCUT2D eigenvalue weighted by Crippen LogP contribution is 2.27. The Balaban J connectivity index is 1.47. The van der Waals surface area contributed by atoms with Gasteiger partial charge in [-0.3, -0.25) is 4.90 Å². The monoisotopic (exact) mass is 408 g/mol. The molecule has 1 saturated heterocycles. The lowest BCUT2D eigenvalue weighted by molar-refractivity contribution is 0.0502. The van der Waals surface area contributed by atoms with Crippen molar-refractivity contribution in [1.82, 2.24) is 4.90 Å². The van der Waals surface area contributed by atoms with Crippen LogP contribution in [0.1, 0.15) is 41.5 Å². The molecule has 0 spiro atoms. The zero-order chi connectivity index (χ0) is 20.8. The molecule has 1 heterocycles. The molecule has 0 saturated carbocycles. The van der Waals surface area contributed by atoms with Gasteiger partial charge in [0.2, 0.25) is 0 Å². The average Bonchev–Trinajstić information content (AvgIpc) is 2.80. The van der Waals surface area contributed by atoms with Crippen LogP contribution in [0.15, 0.2) is 42.5 Å². The van der Waals surface area contributed by atoms with E-state index in [1.807, 2.05) is 0 Å². The van der Waals surface area contributed by atoms with Gasteiger partial charge < -0.3 is 15.2 Å². The molecule has 0 radical (unpaired) electrons. The second kappa shape index (κ2) is 10.4. The molecular formula is C26H36N2O2. The maximum atomic E-state index is 5.91. The normalized spacial score (nSPS) is 19.6. The fourth-order valence-electron chi connectivity index (χ4n) is 4.91. The molecular weight excluding hydrogens is 372 g/mol. The van der Waals surface area contributed by atoms with Crippen LogP contribution < -0.4 is 10.5 Å². The zero-order valence-corrected chi connectivity index (χ0v) is 18.3. The van der Waals surface area contributed by atoms with Gasteiger partial charge in [-0.15, -0.1) is 0 Å². The highest BCUT2D eigenvalue weighted by Gasteiger charge is 2.20. The molecule has 162 valence electrons. The Kier molecular flexibility index (Phi) is 7.42. The second-order valence-corrected chi connectivity index (χ2v) is 9.02. The fraction of sp³-hybridized carbons (Fsp3) is 0.538. The topological polar surface area (TPSA) is 47.7 Å². The van der Waals surface area contributed by atoms with Crippen molar-refractivity contribution < 1.29 is 9.47 Å². The van der Waals surface area contributed by atoms with E-state index in [0.717, 1.165) is 57.5 Å². The van der Waals surface area contributed by atoms with Gasteiger partial charge in [0.1, 0.15) is 5.75 Å². The molecule has 0 bridgehead atoms. The largest absolute Gasteiger partial charge is 0.497 e. The average molecular weight is 409 g/mol. The summed E-state index contributed by atoms with van der Waals surface area (Å²) in [5.74, 6) is 2.29. The molecule has 0 aromatic heterocycles. The number of aryl methyl sites for hydroxylation is 1. The zero-order valence-electron chi connectivity index (χ0n) is 18.3. The number of nitrogens with zero attached hydrogens (tertiary/aromatic N) is 1. The van der Waals surface area contributed by atoms with Crippen molar-refractivity contribution in [3.8, 4) is 5.75 Å². The predicted octanol–water partition coefficient (Wildman–Crippen LogP) is 4.19. The number of fused-ring (bicyclic) bond motifs is 1. The van der Waals surface area contributed by atoms with E-state index in [9.17, 15) is 0 Å². The van der Waals surface area contributed by atoms with E-state index >= 15 is 0 Å². The van der Waals surface area contributed by atoms with Crippen LogP contribution in [0.5, 0.6) is 5.75 Å². The van der Waals surface area contributed by atoms with Crippen LogP contribution >= 0.6 is 0 Å². The van der Waals surface area contributed by atoms with Crippen LogP contribution in [0.2, 0.25) is 0 Å². The highest BCUT2D eigenvalue weighted by molar-refractivity contribution is 5.34. The summed E-state index contributed by atoms with van der Waals surface area (Å²) in [7, 11) is 1.72. The third-order valence-corrected chi connectivity index (χ3v) is 6.76. The summed E-state index contributed by atoms with van der Waals surface area (Å²) >= 11 is 0. The molecule has 1 atom stereocenters. The summed E-state index contributed by atoms with van der Waals surface area (Å²) in [5.41, 5.74) is 11.7. The number of hydrogen-bond donors (Lipinski definition) is 1. The first-order valence-corrected chi connectivity index (χ1v) is 11.5. The first-order valence-electron chi connectivity index (χ1n) is 11.5. The van der Waals surface area contributed by atoms with Gasteiger partial charge in [0, 0.05) is 32.8 Å². The van der Waals surface area contributed by atoms with E-state index in [0.29, 0.717) is 5.92 Å². The van der Waals surface area contributed by atoms with Crippen LogP contribution in [0.3, 0.4) is 0 Å². The molecule has 4 heteroatoms. The molecule has 2 aliphatic rings. The molecule has 2 aromatic rings. The second-order valence-electron chi connectivity index (χ2n) is 9.02. The molecule has 2 aromatic carbocycles. The first kappa shape index (κ1) is 21.4. The summed E-state index contributed by atoms with van der Waals surface area (Å²) in [4.78, 5) is 2.62. The SMILES string of the molecule is COc1ccc(CN(Cc2ccc3c(c2)CCC(CN)C3)CC2CCOCC2)cc1. The van der Waals surface area contributed by atoms with Crippen molar-refractivity contribution in [2.75, 3.05) is 33.4 Å². The Bertz CT molecular complexity index is 799. The fourth-order valence-corrected chi connectivity index (χ4v) is 4.91. The van der Waals surface area contributed by atoms with E-state index in [1.54, 1.807) is 7.11 Å². The molecule has 4 rings (SSSR count). The maximum absolute atomic E-state index is 5.91. The molecule has 4 nitrogen and oxygen atoms in total. The standard InChI is InChI=1S/C26H36N2O2/c1-29-26-8-4-20(5-9-26)17-28(18-21-10-12-30-13-11-21)19-23-3-7-24-14-22(16-27)2-6-25(24)15-23/h3-5,7-9,15,21-22H,2,6,10-14,16-19,27H2,1H3. The number of ether oxygens (including phenoxy) is 2. The summed E-state index contributed by atoms with van der Waals surface area (Å²) in [6, 6.07) is 15.6. The van der Waals surface area contributed by atoms with Crippen molar-refractivity contribution in [3.63, 3.8) is 0 Å². The van der Waals surface area contributed by atoms with Gasteiger partial charge in [-0.2, -0.15) is 0 Å². The Hall–Kier alpha value is -1.88. The molecule has 1 aliphatic carbocycles. The lowest BCUT2D eigenvalue weighted by atomic mass is 9.83. The van der Waals surface area contributed by atoms with E-state index in [1.165, 1.54) is 47.9 Å². The van der Waals surface area contributed by atoms with Gasteiger partial charge in [0.25, 0.3) is 0 Å². The van der Waals surface area contributed by atoms with Gasteiger partial charge in [0.05, 0.1) is 7.11 Å². The Morgan fingerprint density at radius 1 is 0.933 bits per heavy atom. The van der Waals surface area contributed by atoms with Crippen LogP contribution in [-0.4, -0.2) is 38.3 Å². The smallest absolute Gasteiger partial charge is 0.118 e.